The number of amides is 1. The molecule has 6 heteroatoms. The lowest BCUT2D eigenvalue weighted by Gasteiger charge is -2.27. The van der Waals surface area contributed by atoms with Gasteiger partial charge in [0.25, 0.3) is 0 Å². The molecule has 2 saturated carbocycles. The molecule has 0 aromatic heterocycles. The monoisotopic (exact) mass is 322 g/mol. The fraction of sp³-hybridized carbons (Fsp3) is 0.562. The minimum atomic E-state index is -3.09. The van der Waals surface area contributed by atoms with Gasteiger partial charge in [-0.05, 0) is 48.8 Å². The topological polar surface area (TPSA) is 89.3 Å². The largest absolute Gasteiger partial charge is 0.327 e. The van der Waals surface area contributed by atoms with Gasteiger partial charge in [0.15, 0.2) is 9.84 Å². The molecule has 2 aliphatic rings. The molecular formula is C16H22N2O3S. The van der Waals surface area contributed by atoms with Crippen LogP contribution in [0.25, 0.3) is 0 Å². The Bertz CT molecular complexity index is 684. The predicted octanol–water partition coefficient (Wildman–Crippen LogP) is 1.54. The van der Waals surface area contributed by atoms with Crippen LogP contribution in [0.15, 0.2) is 24.3 Å². The number of nitrogens with one attached hydrogen (secondary N) is 1. The number of carbonyl (C=O) groups is 1. The van der Waals surface area contributed by atoms with Gasteiger partial charge in [-0.2, -0.15) is 0 Å². The van der Waals surface area contributed by atoms with Gasteiger partial charge in [-0.3, -0.25) is 4.79 Å². The standard InChI is InChI=1S/C16H22N2O3S/c1-22(20,21)9-10-3-2-4-13(7-10)18-16(19)14-11-5-6-12(8-11)15(14)17/h2-4,7,11-12,14-15H,5-6,8-9,17H2,1H3,(H,18,19). The maximum absolute atomic E-state index is 12.5. The number of rotatable bonds is 4. The van der Waals surface area contributed by atoms with Crippen molar-refractivity contribution in [3.63, 3.8) is 0 Å². The van der Waals surface area contributed by atoms with E-state index in [2.05, 4.69) is 5.32 Å². The van der Waals surface area contributed by atoms with E-state index in [1.807, 2.05) is 0 Å². The van der Waals surface area contributed by atoms with Crippen molar-refractivity contribution < 1.29 is 13.2 Å². The highest BCUT2D eigenvalue weighted by atomic mass is 32.2. The average molecular weight is 322 g/mol. The fourth-order valence-corrected chi connectivity index (χ4v) is 4.78. The van der Waals surface area contributed by atoms with Gasteiger partial charge in [0, 0.05) is 18.0 Å². The Morgan fingerprint density at radius 3 is 2.68 bits per heavy atom. The molecule has 0 radical (unpaired) electrons. The molecule has 4 unspecified atom stereocenters. The highest BCUT2D eigenvalue weighted by Gasteiger charge is 2.49. The average Bonchev–Trinajstić information content (AvgIpc) is 2.97. The second-order valence-electron chi connectivity index (χ2n) is 6.70. The minimum absolute atomic E-state index is 0.0235. The highest BCUT2D eigenvalue weighted by Crippen LogP contribution is 2.47. The smallest absolute Gasteiger partial charge is 0.229 e. The lowest BCUT2D eigenvalue weighted by molar-refractivity contribution is -0.121. The SMILES string of the molecule is CS(=O)(=O)Cc1cccc(NC(=O)C2C3CCC(C3)C2N)c1. The molecule has 3 N–H and O–H groups in total. The van der Waals surface area contributed by atoms with Crippen LogP contribution < -0.4 is 11.1 Å². The molecule has 2 bridgehead atoms. The summed E-state index contributed by atoms with van der Waals surface area (Å²) in [5.74, 6) is 0.717. The van der Waals surface area contributed by atoms with E-state index >= 15 is 0 Å². The number of hydrogen-bond acceptors (Lipinski definition) is 4. The first-order valence-corrected chi connectivity index (χ1v) is 9.72. The van der Waals surface area contributed by atoms with Crippen LogP contribution in [-0.2, 0) is 20.4 Å². The minimum Gasteiger partial charge on any atom is -0.327 e. The molecule has 1 aromatic rings. The number of hydrogen-bond donors (Lipinski definition) is 2. The summed E-state index contributed by atoms with van der Waals surface area (Å²) in [5, 5.41) is 2.91. The van der Waals surface area contributed by atoms with Gasteiger partial charge in [-0.1, -0.05) is 12.1 Å². The lowest BCUT2D eigenvalue weighted by Crippen LogP contribution is -2.42. The molecule has 3 rings (SSSR count). The summed E-state index contributed by atoms with van der Waals surface area (Å²) >= 11 is 0. The lowest BCUT2D eigenvalue weighted by atomic mass is 9.84. The number of benzene rings is 1. The third kappa shape index (κ3) is 3.17. The molecule has 22 heavy (non-hydrogen) atoms. The van der Waals surface area contributed by atoms with Crippen molar-refractivity contribution in [3.8, 4) is 0 Å². The van der Waals surface area contributed by atoms with Gasteiger partial charge >= 0.3 is 0 Å². The van der Waals surface area contributed by atoms with Crippen LogP contribution >= 0.6 is 0 Å². The first kappa shape index (κ1) is 15.5. The summed E-state index contributed by atoms with van der Waals surface area (Å²) < 4.78 is 22.7. The van der Waals surface area contributed by atoms with Crippen LogP contribution in [0.2, 0.25) is 0 Å². The molecule has 1 aromatic carbocycles. The summed E-state index contributed by atoms with van der Waals surface area (Å²) in [7, 11) is -3.09. The third-order valence-corrected chi connectivity index (χ3v) is 5.76. The molecule has 0 heterocycles. The number of carbonyl (C=O) groups excluding carboxylic acids is 1. The molecule has 0 saturated heterocycles. The Hall–Kier alpha value is -1.40. The van der Waals surface area contributed by atoms with E-state index in [0.29, 0.717) is 23.1 Å². The van der Waals surface area contributed by atoms with Crippen molar-refractivity contribution in [1.82, 2.24) is 0 Å². The molecule has 0 aliphatic heterocycles. The van der Waals surface area contributed by atoms with Crippen LogP contribution in [0.5, 0.6) is 0 Å². The summed E-state index contributed by atoms with van der Waals surface area (Å²) in [6, 6.07) is 6.97. The Labute approximate surface area is 131 Å². The first-order chi connectivity index (χ1) is 10.3. The van der Waals surface area contributed by atoms with Crippen molar-refractivity contribution in [2.24, 2.45) is 23.5 Å². The molecule has 5 nitrogen and oxygen atoms in total. The zero-order valence-corrected chi connectivity index (χ0v) is 13.5. The summed E-state index contributed by atoms with van der Waals surface area (Å²) in [5.41, 5.74) is 7.51. The van der Waals surface area contributed by atoms with Crippen LogP contribution in [0.4, 0.5) is 5.69 Å². The second kappa shape index (κ2) is 5.66. The summed E-state index contributed by atoms with van der Waals surface area (Å²) in [6.07, 6.45) is 4.49. The first-order valence-electron chi connectivity index (χ1n) is 7.66. The van der Waals surface area contributed by atoms with E-state index in [1.54, 1.807) is 24.3 Å². The predicted molar refractivity (Wildman–Crippen MR) is 85.9 cm³/mol. The highest BCUT2D eigenvalue weighted by molar-refractivity contribution is 7.89. The van der Waals surface area contributed by atoms with Crippen molar-refractivity contribution >= 4 is 21.4 Å². The van der Waals surface area contributed by atoms with Gasteiger partial charge in [-0.15, -0.1) is 0 Å². The molecule has 0 spiro atoms. The van der Waals surface area contributed by atoms with E-state index in [-0.39, 0.29) is 23.6 Å². The van der Waals surface area contributed by atoms with Gasteiger partial charge in [-0.25, -0.2) is 8.42 Å². The van der Waals surface area contributed by atoms with Crippen LogP contribution in [-0.4, -0.2) is 26.6 Å². The number of fused-ring (bicyclic) bond motifs is 2. The molecule has 2 aliphatic carbocycles. The van der Waals surface area contributed by atoms with Gasteiger partial charge in [0.1, 0.15) is 0 Å². The summed E-state index contributed by atoms with van der Waals surface area (Å²) in [4.78, 5) is 12.5. The number of nitrogens with two attached hydrogens (primary N) is 1. The van der Waals surface area contributed by atoms with E-state index in [4.69, 9.17) is 5.73 Å². The summed E-state index contributed by atoms with van der Waals surface area (Å²) in [6.45, 7) is 0. The second-order valence-corrected chi connectivity index (χ2v) is 8.84. The van der Waals surface area contributed by atoms with E-state index in [9.17, 15) is 13.2 Å². The van der Waals surface area contributed by atoms with E-state index in [1.165, 1.54) is 6.26 Å². The molecule has 4 atom stereocenters. The maximum Gasteiger partial charge on any atom is 0.229 e. The Kier molecular flexibility index (Phi) is 3.99. The Balaban J connectivity index is 1.71. The quantitative estimate of drug-likeness (QED) is 0.880. The van der Waals surface area contributed by atoms with Gasteiger partial charge in [0.2, 0.25) is 5.91 Å². The number of sulfone groups is 1. The zero-order chi connectivity index (χ0) is 15.9. The van der Waals surface area contributed by atoms with Crippen LogP contribution in [0, 0.1) is 17.8 Å². The van der Waals surface area contributed by atoms with Crippen molar-refractivity contribution in [1.29, 1.82) is 0 Å². The fourth-order valence-electron chi connectivity index (χ4n) is 3.99. The van der Waals surface area contributed by atoms with Crippen LogP contribution in [0.3, 0.4) is 0 Å². The van der Waals surface area contributed by atoms with Crippen molar-refractivity contribution in [2.75, 3.05) is 11.6 Å². The maximum atomic E-state index is 12.5. The van der Waals surface area contributed by atoms with Crippen molar-refractivity contribution in [3.05, 3.63) is 29.8 Å². The number of anilines is 1. The molecular weight excluding hydrogens is 300 g/mol. The van der Waals surface area contributed by atoms with E-state index < -0.39 is 9.84 Å². The van der Waals surface area contributed by atoms with Gasteiger partial charge in [0.05, 0.1) is 11.7 Å². The third-order valence-electron chi connectivity index (χ3n) is 4.91. The Morgan fingerprint density at radius 1 is 1.32 bits per heavy atom. The molecule has 120 valence electrons. The van der Waals surface area contributed by atoms with Crippen molar-refractivity contribution in [2.45, 2.75) is 31.1 Å². The zero-order valence-electron chi connectivity index (χ0n) is 12.7. The molecule has 2 fully saturated rings. The van der Waals surface area contributed by atoms with Gasteiger partial charge < -0.3 is 11.1 Å². The molecule has 1 amide bonds. The van der Waals surface area contributed by atoms with E-state index in [0.717, 1.165) is 19.3 Å². The Morgan fingerprint density at radius 2 is 2.05 bits per heavy atom. The normalized spacial score (nSPS) is 30.5. The van der Waals surface area contributed by atoms with Crippen LogP contribution in [0.1, 0.15) is 24.8 Å².